The molecule has 0 spiro atoms. The molecule has 0 radical (unpaired) electrons. The van der Waals surface area contributed by atoms with Crippen LogP contribution in [-0.2, 0) is 6.54 Å². The quantitative estimate of drug-likeness (QED) is 0.905. The number of rotatable bonds is 4. The van der Waals surface area contributed by atoms with Crippen molar-refractivity contribution in [1.82, 2.24) is 0 Å². The minimum atomic E-state index is -0.243. The maximum atomic E-state index is 13.9. The predicted molar refractivity (Wildman–Crippen MR) is 78.2 cm³/mol. The van der Waals surface area contributed by atoms with Crippen molar-refractivity contribution in [2.75, 3.05) is 11.4 Å². The van der Waals surface area contributed by atoms with E-state index in [1.54, 1.807) is 6.07 Å². The largest absolute Gasteiger partial charge is 0.341 e. The van der Waals surface area contributed by atoms with Crippen molar-refractivity contribution in [3.8, 4) is 0 Å². The zero-order chi connectivity index (χ0) is 13.8. The van der Waals surface area contributed by atoms with Crippen molar-refractivity contribution < 1.29 is 4.39 Å². The Hall–Kier alpha value is -1.87. The maximum absolute atomic E-state index is 13.9. The normalized spacial score (nSPS) is 10.5. The number of nitrogens with zero attached hydrogens (tertiary/aromatic N) is 1. The van der Waals surface area contributed by atoms with Gasteiger partial charge in [-0.25, -0.2) is 4.39 Å². The molecular formula is C16H19FN2. The second kappa shape index (κ2) is 5.85. The molecular weight excluding hydrogens is 239 g/mol. The second-order valence-electron chi connectivity index (χ2n) is 4.47. The Kier molecular flexibility index (Phi) is 4.17. The first-order valence-electron chi connectivity index (χ1n) is 6.49. The molecule has 100 valence electrons. The van der Waals surface area contributed by atoms with Gasteiger partial charge in [0.25, 0.3) is 0 Å². The van der Waals surface area contributed by atoms with Gasteiger partial charge in [0.1, 0.15) is 5.82 Å². The van der Waals surface area contributed by atoms with E-state index in [-0.39, 0.29) is 12.4 Å². The molecule has 0 heterocycles. The highest BCUT2D eigenvalue weighted by molar-refractivity contribution is 5.69. The van der Waals surface area contributed by atoms with E-state index in [9.17, 15) is 4.39 Å². The summed E-state index contributed by atoms with van der Waals surface area (Å²) in [4.78, 5) is 2.10. The summed E-state index contributed by atoms with van der Waals surface area (Å²) in [5.41, 5.74) is 9.35. The molecule has 19 heavy (non-hydrogen) atoms. The fourth-order valence-electron chi connectivity index (χ4n) is 2.34. The number of para-hydroxylation sites is 1. The van der Waals surface area contributed by atoms with E-state index in [1.165, 1.54) is 6.07 Å². The topological polar surface area (TPSA) is 29.3 Å². The van der Waals surface area contributed by atoms with E-state index in [1.807, 2.05) is 24.3 Å². The van der Waals surface area contributed by atoms with E-state index in [0.29, 0.717) is 5.56 Å². The summed E-state index contributed by atoms with van der Waals surface area (Å²) >= 11 is 0. The zero-order valence-electron chi connectivity index (χ0n) is 11.4. The van der Waals surface area contributed by atoms with Gasteiger partial charge >= 0.3 is 0 Å². The van der Waals surface area contributed by atoms with Gasteiger partial charge in [-0.2, -0.15) is 0 Å². The molecule has 0 aliphatic carbocycles. The van der Waals surface area contributed by atoms with Crippen LogP contribution in [0.1, 0.15) is 18.1 Å². The Morgan fingerprint density at radius 3 is 2.37 bits per heavy atom. The molecule has 2 N–H and O–H groups in total. The standard InChI is InChI=1S/C16H19FN2/c1-3-19(15-9-5-4-7-12(15)2)16-10-6-8-14(17)13(16)11-18/h4-10H,3,11,18H2,1-2H3. The highest BCUT2D eigenvalue weighted by Crippen LogP contribution is 2.31. The Bertz CT molecular complexity index is 566. The Morgan fingerprint density at radius 2 is 1.74 bits per heavy atom. The van der Waals surface area contributed by atoms with Gasteiger partial charge in [-0.3, -0.25) is 0 Å². The van der Waals surface area contributed by atoms with Crippen LogP contribution in [0.25, 0.3) is 0 Å². The van der Waals surface area contributed by atoms with Crippen molar-refractivity contribution in [2.24, 2.45) is 5.73 Å². The summed E-state index contributed by atoms with van der Waals surface area (Å²) in [6, 6.07) is 13.2. The summed E-state index contributed by atoms with van der Waals surface area (Å²) in [5, 5.41) is 0. The van der Waals surface area contributed by atoms with E-state index >= 15 is 0 Å². The van der Waals surface area contributed by atoms with Gasteiger partial charge in [-0.05, 0) is 37.6 Å². The lowest BCUT2D eigenvalue weighted by Crippen LogP contribution is -2.20. The van der Waals surface area contributed by atoms with Crippen LogP contribution in [0.2, 0.25) is 0 Å². The van der Waals surface area contributed by atoms with Gasteiger partial charge in [-0.15, -0.1) is 0 Å². The molecule has 3 heteroatoms. The summed E-state index contributed by atoms with van der Waals surface area (Å²) in [7, 11) is 0. The highest BCUT2D eigenvalue weighted by atomic mass is 19.1. The highest BCUT2D eigenvalue weighted by Gasteiger charge is 2.15. The van der Waals surface area contributed by atoms with E-state index < -0.39 is 0 Å². The smallest absolute Gasteiger partial charge is 0.129 e. The van der Waals surface area contributed by atoms with Crippen LogP contribution in [-0.4, -0.2) is 6.54 Å². The molecule has 2 aromatic carbocycles. The third-order valence-electron chi connectivity index (χ3n) is 3.31. The lowest BCUT2D eigenvalue weighted by atomic mass is 10.1. The number of hydrogen-bond acceptors (Lipinski definition) is 2. The second-order valence-corrected chi connectivity index (χ2v) is 4.47. The summed E-state index contributed by atoms with van der Waals surface area (Å²) < 4.78 is 13.9. The van der Waals surface area contributed by atoms with Gasteiger partial charge in [0.15, 0.2) is 0 Å². The number of anilines is 2. The van der Waals surface area contributed by atoms with Crippen LogP contribution in [0, 0.1) is 12.7 Å². The van der Waals surface area contributed by atoms with Crippen LogP contribution in [0.5, 0.6) is 0 Å². The number of nitrogens with two attached hydrogens (primary N) is 1. The number of hydrogen-bond donors (Lipinski definition) is 1. The monoisotopic (exact) mass is 258 g/mol. The Morgan fingerprint density at radius 1 is 1.05 bits per heavy atom. The molecule has 0 unspecified atom stereocenters. The molecule has 0 amide bonds. The average Bonchev–Trinajstić information content (AvgIpc) is 2.42. The maximum Gasteiger partial charge on any atom is 0.129 e. The van der Waals surface area contributed by atoms with E-state index in [2.05, 4.69) is 24.8 Å². The van der Waals surface area contributed by atoms with Crippen LogP contribution >= 0.6 is 0 Å². The summed E-state index contributed by atoms with van der Waals surface area (Å²) in [5.74, 6) is -0.243. The van der Waals surface area contributed by atoms with Gasteiger partial charge < -0.3 is 10.6 Å². The van der Waals surface area contributed by atoms with Crippen LogP contribution in [0.4, 0.5) is 15.8 Å². The minimum Gasteiger partial charge on any atom is -0.341 e. The fraction of sp³-hybridized carbons (Fsp3) is 0.250. The summed E-state index contributed by atoms with van der Waals surface area (Å²) in [6.07, 6.45) is 0. The predicted octanol–water partition coefficient (Wildman–Crippen LogP) is 3.75. The van der Waals surface area contributed by atoms with E-state index in [4.69, 9.17) is 5.73 Å². The molecule has 0 aliphatic heterocycles. The third kappa shape index (κ3) is 2.61. The van der Waals surface area contributed by atoms with Gasteiger partial charge in [0.2, 0.25) is 0 Å². The minimum absolute atomic E-state index is 0.199. The van der Waals surface area contributed by atoms with E-state index in [0.717, 1.165) is 23.5 Å². The molecule has 0 atom stereocenters. The SMILES string of the molecule is CCN(c1ccccc1C)c1cccc(F)c1CN. The van der Waals surface area contributed by atoms with Crippen molar-refractivity contribution in [3.05, 3.63) is 59.4 Å². The first-order valence-corrected chi connectivity index (χ1v) is 6.49. The first kappa shape index (κ1) is 13.6. The van der Waals surface area contributed by atoms with Crippen molar-refractivity contribution in [3.63, 3.8) is 0 Å². The molecule has 0 saturated heterocycles. The number of aryl methyl sites for hydroxylation is 1. The van der Waals surface area contributed by atoms with Crippen LogP contribution in [0.3, 0.4) is 0 Å². The van der Waals surface area contributed by atoms with Crippen LogP contribution in [0.15, 0.2) is 42.5 Å². The van der Waals surface area contributed by atoms with Gasteiger partial charge in [0, 0.05) is 30.0 Å². The van der Waals surface area contributed by atoms with Crippen molar-refractivity contribution in [2.45, 2.75) is 20.4 Å². The molecule has 0 saturated carbocycles. The lowest BCUT2D eigenvalue weighted by molar-refractivity contribution is 0.610. The third-order valence-corrected chi connectivity index (χ3v) is 3.31. The van der Waals surface area contributed by atoms with Gasteiger partial charge in [0.05, 0.1) is 0 Å². The average molecular weight is 258 g/mol. The Labute approximate surface area is 113 Å². The number of halogens is 1. The first-order chi connectivity index (χ1) is 9.19. The molecule has 0 aromatic heterocycles. The molecule has 2 nitrogen and oxygen atoms in total. The Balaban J connectivity index is 2.55. The fourth-order valence-corrected chi connectivity index (χ4v) is 2.34. The van der Waals surface area contributed by atoms with Crippen LogP contribution < -0.4 is 10.6 Å². The molecule has 0 fully saturated rings. The molecule has 2 aromatic rings. The molecule has 2 rings (SSSR count). The summed E-state index contributed by atoms with van der Waals surface area (Å²) in [6.45, 7) is 5.07. The number of benzene rings is 2. The van der Waals surface area contributed by atoms with Crippen molar-refractivity contribution in [1.29, 1.82) is 0 Å². The lowest BCUT2D eigenvalue weighted by Gasteiger charge is -2.27. The molecule has 0 bridgehead atoms. The van der Waals surface area contributed by atoms with Crippen molar-refractivity contribution >= 4 is 11.4 Å². The van der Waals surface area contributed by atoms with Gasteiger partial charge in [-0.1, -0.05) is 24.3 Å². The molecule has 0 aliphatic rings. The zero-order valence-corrected chi connectivity index (χ0v) is 11.4.